The summed E-state index contributed by atoms with van der Waals surface area (Å²) in [5, 5.41) is 1.86. The SMILES string of the molecule is CN(Cc1ccc(F)cc1)Cc1nc2ccsc2c(=O)[nH]1. The van der Waals surface area contributed by atoms with Crippen molar-refractivity contribution in [3.8, 4) is 0 Å². The predicted octanol–water partition coefficient (Wildman–Crippen LogP) is 2.76. The maximum Gasteiger partial charge on any atom is 0.268 e. The van der Waals surface area contributed by atoms with Gasteiger partial charge in [0.1, 0.15) is 16.3 Å². The molecule has 1 aromatic carbocycles. The summed E-state index contributed by atoms with van der Waals surface area (Å²) >= 11 is 1.39. The first kappa shape index (κ1) is 13.9. The lowest BCUT2D eigenvalue weighted by Crippen LogP contribution is -2.21. The van der Waals surface area contributed by atoms with Crippen LogP contribution in [0.5, 0.6) is 0 Å². The van der Waals surface area contributed by atoms with Gasteiger partial charge in [-0.2, -0.15) is 0 Å². The number of nitrogens with zero attached hydrogens (tertiary/aromatic N) is 2. The van der Waals surface area contributed by atoms with E-state index in [4.69, 9.17) is 0 Å². The molecular weight excluding hydrogens is 289 g/mol. The van der Waals surface area contributed by atoms with Gasteiger partial charge in [-0.15, -0.1) is 11.3 Å². The van der Waals surface area contributed by atoms with Crippen molar-refractivity contribution >= 4 is 21.6 Å². The zero-order chi connectivity index (χ0) is 14.8. The van der Waals surface area contributed by atoms with Gasteiger partial charge in [0.15, 0.2) is 0 Å². The van der Waals surface area contributed by atoms with Gasteiger partial charge in [-0.05, 0) is 36.2 Å². The number of hydrogen-bond acceptors (Lipinski definition) is 4. The van der Waals surface area contributed by atoms with Crippen molar-refractivity contribution in [2.24, 2.45) is 0 Å². The van der Waals surface area contributed by atoms with Crippen LogP contribution >= 0.6 is 11.3 Å². The number of H-pyrrole nitrogens is 1. The summed E-state index contributed by atoms with van der Waals surface area (Å²) in [5.41, 5.74) is 1.65. The quantitative estimate of drug-likeness (QED) is 0.806. The van der Waals surface area contributed by atoms with Gasteiger partial charge >= 0.3 is 0 Å². The van der Waals surface area contributed by atoms with E-state index < -0.39 is 0 Å². The Hall–Kier alpha value is -2.05. The molecular formula is C15H14FN3OS. The molecule has 108 valence electrons. The largest absolute Gasteiger partial charge is 0.308 e. The van der Waals surface area contributed by atoms with Gasteiger partial charge < -0.3 is 4.98 Å². The van der Waals surface area contributed by atoms with E-state index in [1.165, 1.54) is 23.5 Å². The third kappa shape index (κ3) is 3.17. The van der Waals surface area contributed by atoms with Crippen molar-refractivity contribution in [3.05, 3.63) is 63.3 Å². The van der Waals surface area contributed by atoms with Crippen LogP contribution in [-0.2, 0) is 13.1 Å². The zero-order valence-corrected chi connectivity index (χ0v) is 12.3. The average Bonchev–Trinajstić information content (AvgIpc) is 2.90. The molecule has 6 heteroatoms. The Labute approximate surface area is 124 Å². The van der Waals surface area contributed by atoms with Crippen LogP contribution in [0.15, 0.2) is 40.5 Å². The number of rotatable bonds is 4. The Morgan fingerprint density at radius 3 is 2.76 bits per heavy atom. The number of aromatic nitrogens is 2. The van der Waals surface area contributed by atoms with Crippen molar-refractivity contribution in [1.82, 2.24) is 14.9 Å². The maximum absolute atomic E-state index is 12.9. The molecule has 2 aromatic heterocycles. The minimum Gasteiger partial charge on any atom is -0.308 e. The highest BCUT2D eigenvalue weighted by atomic mass is 32.1. The Kier molecular flexibility index (Phi) is 3.81. The lowest BCUT2D eigenvalue weighted by molar-refractivity contribution is 0.310. The average molecular weight is 303 g/mol. The first-order valence-corrected chi connectivity index (χ1v) is 7.39. The molecule has 0 aliphatic carbocycles. The van der Waals surface area contributed by atoms with Crippen molar-refractivity contribution < 1.29 is 4.39 Å². The summed E-state index contributed by atoms with van der Waals surface area (Å²) in [5.74, 6) is 0.394. The van der Waals surface area contributed by atoms with Crippen LogP contribution in [0.25, 0.3) is 10.2 Å². The molecule has 0 radical (unpaired) electrons. The van der Waals surface area contributed by atoms with E-state index >= 15 is 0 Å². The van der Waals surface area contributed by atoms with Crippen LogP contribution in [-0.4, -0.2) is 21.9 Å². The van der Waals surface area contributed by atoms with Gasteiger partial charge in [-0.1, -0.05) is 12.1 Å². The molecule has 0 aliphatic heterocycles. The van der Waals surface area contributed by atoms with Gasteiger partial charge in [-0.25, -0.2) is 9.37 Å². The van der Waals surface area contributed by atoms with Crippen LogP contribution in [0.1, 0.15) is 11.4 Å². The van der Waals surface area contributed by atoms with Gasteiger partial charge in [0.25, 0.3) is 5.56 Å². The predicted molar refractivity (Wildman–Crippen MR) is 81.8 cm³/mol. The van der Waals surface area contributed by atoms with E-state index in [1.807, 2.05) is 23.4 Å². The standard InChI is InChI=1S/C15H14FN3OS/c1-19(8-10-2-4-11(16)5-3-10)9-13-17-12-6-7-21-14(12)15(20)18-13/h2-7H,8-9H2,1H3,(H,17,18,20). The third-order valence-electron chi connectivity index (χ3n) is 3.15. The number of hydrogen-bond donors (Lipinski definition) is 1. The van der Waals surface area contributed by atoms with E-state index in [0.717, 1.165) is 11.1 Å². The van der Waals surface area contributed by atoms with Crippen LogP contribution < -0.4 is 5.56 Å². The van der Waals surface area contributed by atoms with Crippen LogP contribution in [0, 0.1) is 5.82 Å². The zero-order valence-electron chi connectivity index (χ0n) is 11.5. The molecule has 3 rings (SSSR count). The third-order valence-corrected chi connectivity index (χ3v) is 4.05. The van der Waals surface area contributed by atoms with E-state index in [0.29, 0.717) is 23.6 Å². The fourth-order valence-corrected chi connectivity index (χ4v) is 2.94. The van der Waals surface area contributed by atoms with E-state index in [2.05, 4.69) is 9.97 Å². The van der Waals surface area contributed by atoms with Gasteiger partial charge in [0.2, 0.25) is 0 Å². The van der Waals surface area contributed by atoms with Crippen LogP contribution in [0.2, 0.25) is 0 Å². The molecule has 0 spiro atoms. The number of aromatic amines is 1. The summed E-state index contributed by atoms with van der Waals surface area (Å²) in [6.45, 7) is 1.18. The summed E-state index contributed by atoms with van der Waals surface area (Å²) < 4.78 is 13.5. The highest BCUT2D eigenvalue weighted by Gasteiger charge is 2.08. The highest BCUT2D eigenvalue weighted by Crippen LogP contribution is 2.14. The number of benzene rings is 1. The minimum absolute atomic E-state index is 0.0971. The fraction of sp³-hybridized carbons (Fsp3) is 0.200. The first-order valence-electron chi connectivity index (χ1n) is 6.51. The summed E-state index contributed by atoms with van der Waals surface area (Å²) in [4.78, 5) is 21.2. The molecule has 2 heterocycles. The topological polar surface area (TPSA) is 49.0 Å². The summed E-state index contributed by atoms with van der Waals surface area (Å²) in [6, 6.07) is 8.24. The monoisotopic (exact) mass is 303 g/mol. The minimum atomic E-state index is -0.240. The lowest BCUT2D eigenvalue weighted by atomic mass is 10.2. The first-order chi connectivity index (χ1) is 10.1. The highest BCUT2D eigenvalue weighted by molar-refractivity contribution is 7.17. The van der Waals surface area contributed by atoms with Crippen molar-refractivity contribution in [2.45, 2.75) is 13.1 Å². The molecule has 0 bridgehead atoms. The van der Waals surface area contributed by atoms with Crippen LogP contribution in [0.3, 0.4) is 0 Å². The van der Waals surface area contributed by atoms with Gasteiger partial charge in [-0.3, -0.25) is 9.69 Å². The summed E-state index contributed by atoms with van der Waals surface area (Å²) in [6.07, 6.45) is 0. The molecule has 21 heavy (non-hydrogen) atoms. The Balaban J connectivity index is 1.75. The summed E-state index contributed by atoms with van der Waals surface area (Å²) in [7, 11) is 1.93. The van der Waals surface area contributed by atoms with Crippen molar-refractivity contribution in [1.29, 1.82) is 0 Å². The Morgan fingerprint density at radius 2 is 2.00 bits per heavy atom. The van der Waals surface area contributed by atoms with Gasteiger partial charge in [0.05, 0.1) is 12.1 Å². The molecule has 0 amide bonds. The molecule has 3 aromatic rings. The second-order valence-corrected chi connectivity index (χ2v) is 5.86. The van der Waals surface area contributed by atoms with E-state index in [-0.39, 0.29) is 11.4 Å². The number of halogens is 1. The van der Waals surface area contributed by atoms with E-state index in [1.54, 1.807) is 12.1 Å². The number of thiophene rings is 1. The Morgan fingerprint density at radius 1 is 1.24 bits per heavy atom. The second kappa shape index (κ2) is 5.75. The van der Waals surface area contributed by atoms with E-state index in [9.17, 15) is 9.18 Å². The number of nitrogens with one attached hydrogen (secondary N) is 1. The molecule has 0 saturated carbocycles. The normalized spacial score (nSPS) is 11.4. The Bertz CT molecular complexity index is 810. The molecule has 4 nitrogen and oxygen atoms in total. The number of fused-ring (bicyclic) bond motifs is 1. The lowest BCUT2D eigenvalue weighted by Gasteiger charge is -2.16. The van der Waals surface area contributed by atoms with Gasteiger partial charge in [0, 0.05) is 6.54 Å². The van der Waals surface area contributed by atoms with Crippen LogP contribution in [0.4, 0.5) is 4.39 Å². The molecule has 0 fully saturated rings. The molecule has 0 aliphatic rings. The maximum atomic E-state index is 12.9. The second-order valence-electron chi connectivity index (χ2n) is 4.95. The molecule has 0 atom stereocenters. The van der Waals surface area contributed by atoms with Crippen molar-refractivity contribution in [3.63, 3.8) is 0 Å². The smallest absolute Gasteiger partial charge is 0.268 e. The van der Waals surface area contributed by atoms with Crippen molar-refractivity contribution in [2.75, 3.05) is 7.05 Å². The molecule has 0 saturated heterocycles. The fourth-order valence-electron chi connectivity index (χ4n) is 2.21. The molecule has 0 unspecified atom stereocenters. The molecule has 1 N–H and O–H groups in total.